The molecule has 1 heterocycles. The Kier molecular flexibility index (Phi) is 4.83. The summed E-state index contributed by atoms with van der Waals surface area (Å²) in [6, 6.07) is 7.07. The third kappa shape index (κ3) is 4.41. The van der Waals surface area contributed by atoms with Crippen molar-refractivity contribution in [2.24, 2.45) is 0 Å². The molecule has 0 aliphatic carbocycles. The Morgan fingerprint density at radius 2 is 2.00 bits per heavy atom. The number of carbonyl (C=O) groups excluding carboxylic acids is 1. The van der Waals surface area contributed by atoms with E-state index in [4.69, 9.17) is 0 Å². The average Bonchev–Trinajstić information content (AvgIpc) is 2.50. The molecule has 23 heavy (non-hydrogen) atoms. The minimum atomic E-state index is -4.50. The molecule has 1 aromatic heterocycles. The van der Waals surface area contributed by atoms with Gasteiger partial charge in [-0.2, -0.15) is 18.3 Å². The zero-order valence-electron chi connectivity index (χ0n) is 12.2. The smallest absolute Gasteiger partial charge is 0.350 e. The molecule has 0 atom stereocenters. The lowest BCUT2D eigenvalue weighted by molar-refractivity contribution is -0.137. The van der Waals surface area contributed by atoms with Crippen LogP contribution in [0.25, 0.3) is 0 Å². The van der Waals surface area contributed by atoms with Crippen LogP contribution in [-0.4, -0.2) is 22.2 Å². The number of rotatable bonds is 4. The SMILES string of the molecule is Cc1ccc(=O)n(CCNC(=O)c2cccc(C(F)(F)F)c2)n1. The normalized spacial score (nSPS) is 11.3. The van der Waals surface area contributed by atoms with Crippen molar-refractivity contribution < 1.29 is 18.0 Å². The summed E-state index contributed by atoms with van der Waals surface area (Å²) >= 11 is 0. The molecule has 0 bridgehead atoms. The molecule has 2 aromatic rings. The van der Waals surface area contributed by atoms with Crippen LogP contribution in [0.4, 0.5) is 13.2 Å². The van der Waals surface area contributed by atoms with Gasteiger partial charge >= 0.3 is 6.18 Å². The highest BCUT2D eigenvalue weighted by molar-refractivity contribution is 5.94. The van der Waals surface area contributed by atoms with Gasteiger partial charge in [-0.05, 0) is 31.2 Å². The first-order valence-electron chi connectivity index (χ1n) is 6.77. The van der Waals surface area contributed by atoms with Gasteiger partial charge in [0, 0.05) is 18.2 Å². The van der Waals surface area contributed by atoms with Crippen LogP contribution in [0.5, 0.6) is 0 Å². The van der Waals surface area contributed by atoms with Crippen LogP contribution >= 0.6 is 0 Å². The summed E-state index contributed by atoms with van der Waals surface area (Å²) in [4.78, 5) is 23.4. The molecule has 0 unspecified atom stereocenters. The fraction of sp³-hybridized carbons (Fsp3) is 0.267. The number of carbonyl (C=O) groups is 1. The third-order valence-corrected chi connectivity index (χ3v) is 3.06. The molecule has 1 N–H and O–H groups in total. The van der Waals surface area contributed by atoms with Crippen molar-refractivity contribution in [1.82, 2.24) is 15.1 Å². The van der Waals surface area contributed by atoms with E-state index < -0.39 is 17.6 Å². The fourth-order valence-corrected chi connectivity index (χ4v) is 1.93. The quantitative estimate of drug-likeness (QED) is 0.935. The van der Waals surface area contributed by atoms with E-state index in [1.807, 2.05) is 0 Å². The molecule has 0 aliphatic heterocycles. The van der Waals surface area contributed by atoms with Crippen molar-refractivity contribution in [3.05, 3.63) is 63.6 Å². The summed E-state index contributed by atoms with van der Waals surface area (Å²) < 4.78 is 39.0. The van der Waals surface area contributed by atoms with Gasteiger partial charge in [0.25, 0.3) is 11.5 Å². The Balaban J connectivity index is 2.00. The van der Waals surface area contributed by atoms with Gasteiger partial charge in [-0.25, -0.2) is 4.68 Å². The highest BCUT2D eigenvalue weighted by Gasteiger charge is 2.30. The van der Waals surface area contributed by atoms with Crippen molar-refractivity contribution in [3.63, 3.8) is 0 Å². The average molecular weight is 325 g/mol. The number of amides is 1. The number of benzene rings is 1. The lowest BCUT2D eigenvalue weighted by Gasteiger charge is -2.10. The van der Waals surface area contributed by atoms with Gasteiger partial charge in [0.15, 0.2) is 0 Å². The molecule has 0 radical (unpaired) electrons. The van der Waals surface area contributed by atoms with Crippen molar-refractivity contribution in [3.8, 4) is 0 Å². The van der Waals surface area contributed by atoms with Gasteiger partial charge < -0.3 is 5.32 Å². The number of alkyl halides is 3. The standard InChI is InChI=1S/C15H14F3N3O2/c1-10-5-6-13(22)21(20-10)8-7-19-14(23)11-3-2-4-12(9-11)15(16,17)18/h2-6,9H,7-8H2,1H3,(H,19,23). The summed E-state index contributed by atoms with van der Waals surface area (Å²) in [5, 5.41) is 6.46. The molecule has 0 aliphatic rings. The molecule has 0 fully saturated rings. The monoisotopic (exact) mass is 325 g/mol. The highest BCUT2D eigenvalue weighted by atomic mass is 19.4. The fourth-order valence-electron chi connectivity index (χ4n) is 1.93. The number of hydrogen-bond acceptors (Lipinski definition) is 3. The van der Waals surface area contributed by atoms with Gasteiger partial charge in [-0.1, -0.05) is 6.07 Å². The molecular weight excluding hydrogens is 311 g/mol. The first-order valence-corrected chi connectivity index (χ1v) is 6.77. The van der Waals surface area contributed by atoms with Crippen LogP contribution in [0.2, 0.25) is 0 Å². The van der Waals surface area contributed by atoms with Crippen molar-refractivity contribution in [2.45, 2.75) is 19.6 Å². The van der Waals surface area contributed by atoms with E-state index >= 15 is 0 Å². The molecule has 122 valence electrons. The molecule has 1 amide bonds. The van der Waals surface area contributed by atoms with E-state index in [-0.39, 0.29) is 24.2 Å². The maximum absolute atomic E-state index is 12.6. The van der Waals surface area contributed by atoms with Crippen LogP contribution in [-0.2, 0) is 12.7 Å². The van der Waals surface area contributed by atoms with Crippen LogP contribution in [0, 0.1) is 6.92 Å². The minimum Gasteiger partial charge on any atom is -0.350 e. The Morgan fingerprint density at radius 3 is 2.70 bits per heavy atom. The summed E-state index contributed by atoms with van der Waals surface area (Å²) in [7, 11) is 0. The molecule has 0 spiro atoms. The molecular formula is C15H14F3N3O2. The van der Waals surface area contributed by atoms with Crippen molar-refractivity contribution in [1.29, 1.82) is 0 Å². The summed E-state index contributed by atoms with van der Waals surface area (Å²) in [5.74, 6) is -0.642. The second kappa shape index (κ2) is 6.64. The van der Waals surface area contributed by atoms with Gasteiger partial charge in [0.1, 0.15) is 0 Å². The van der Waals surface area contributed by atoms with E-state index in [2.05, 4.69) is 10.4 Å². The number of nitrogens with zero attached hydrogens (tertiary/aromatic N) is 2. The Hall–Kier alpha value is -2.64. The van der Waals surface area contributed by atoms with E-state index in [1.165, 1.54) is 22.9 Å². The number of aryl methyl sites for hydroxylation is 1. The lowest BCUT2D eigenvalue weighted by Crippen LogP contribution is -2.32. The molecule has 0 saturated carbocycles. The zero-order valence-corrected chi connectivity index (χ0v) is 12.2. The minimum absolute atomic E-state index is 0.0748. The van der Waals surface area contributed by atoms with E-state index in [9.17, 15) is 22.8 Å². The Morgan fingerprint density at radius 1 is 1.26 bits per heavy atom. The van der Waals surface area contributed by atoms with Crippen LogP contribution < -0.4 is 10.9 Å². The molecule has 2 rings (SSSR count). The first kappa shape index (κ1) is 16.7. The molecule has 5 nitrogen and oxygen atoms in total. The summed E-state index contributed by atoms with van der Waals surface area (Å²) in [6.45, 7) is 1.92. The van der Waals surface area contributed by atoms with Gasteiger partial charge in [-0.3, -0.25) is 9.59 Å². The van der Waals surface area contributed by atoms with Crippen LogP contribution in [0.3, 0.4) is 0 Å². The Labute approximate surface area is 129 Å². The highest BCUT2D eigenvalue weighted by Crippen LogP contribution is 2.29. The number of aromatic nitrogens is 2. The van der Waals surface area contributed by atoms with Crippen molar-refractivity contribution in [2.75, 3.05) is 6.54 Å². The maximum Gasteiger partial charge on any atom is 0.416 e. The van der Waals surface area contributed by atoms with Crippen LogP contribution in [0.1, 0.15) is 21.6 Å². The van der Waals surface area contributed by atoms with E-state index in [0.717, 1.165) is 12.1 Å². The number of halogens is 3. The van der Waals surface area contributed by atoms with E-state index in [0.29, 0.717) is 5.69 Å². The van der Waals surface area contributed by atoms with E-state index in [1.54, 1.807) is 13.0 Å². The predicted octanol–water partition coefficient (Wildman–Crippen LogP) is 2.00. The summed E-state index contributed by atoms with van der Waals surface area (Å²) in [6.07, 6.45) is -4.50. The second-order valence-electron chi connectivity index (χ2n) is 4.87. The maximum atomic E-state index is 12.6. The topological polar surface area (TPSA) is 64.0 Å². The molecule has 1 aromatic carbocycles. The Bertz CT molecular complexity index is 769. The molecule has 0 saturated heterocycles. The molecule has 8 heteroatoms. The summed E-state index contributed by atoms with van der Waals surface area (Å²) in [5.41, 5.74) is -0.649. The lowest BCUT2D eigenvalue weighted by atomic mass is 10.1. The third-order valence-electron chi connectivity index (χ3n) is 3.06. The number of hydrogen-bond donors (Lipinski definition) is 1. The van der Waals surface area contributed by atoms with Gasteiger partial charge in [0.2, 0.25) is 0 Å². The largest absolute Gasteiger partial charge is 0.416 e. The van der Waals surface area contributed by atoms with Gasteiger partial charge in [-0.15, -0.1) is 0 Å². The predicted molar refractivity (Wildman–Crippen MR) is 77.0 cm³/mol. The zero-order chi connectivity index (χ0) is 17.0. The number of nitrogens with one attached hydrogen (secondary N) is 1. The van der Waals surface area contributed by atoms with Crippen molar-refractivity contribution >= 4 is 5.91 Å². The first-order chi connectivity index (χ1) is 10.8. The second-order valence-corrected chi connectivity index (χ2v) is 4.87. The van der Waals surface area contributed by atoms with Gasteiger partial charge in [0.05, 0.1) is 17.8 Å². The van der Waals surface area contributed by atoms with Crippen LogP contribution in [0.15, 0.2) is 41.2 Å².